The third-order valence-corrected chi connectivity index (χ3v) is 6.97. The van der Waals surface area contributed by atoms with Gasteiger partial charge < -0.3 is 0 Å². The summed E-state index contributed by atoms with van der Waals surface area (Å²) in [4.78, 5) is 2.54. The molecule has 5 rings (SSSR count). The van der Waals surface area contributed by atoms with E-state index in [9.17, 15) is 8.42 Å². The van der Waals surface area contributed by atoms with Crippen LogP contribution in [0.1, 0.15) is 11.1 Å². The molecule has 0 saturated carbocycles. The molecule has 33 heavy (non-hydrogen) atoms. The van der Waals surface area contributed by atoms with Gasteiger partial charge in [-0.15, -0.1) is 0 Å². The minimum absolute atomic E-state index is 0.179. The van der Waals surface area contributed by atoms with Crippen LogP contribution in [-0.2, 0) is 10.0 Å². The third kappa shape index (κ3) is 4.23. The number of hydrazone groups is 1. The average molecular weight is 451 g/mol. The summed E-state index contributed by atoms with van der Waals surface area (Å²) in [6, 6.07) is 33.4. The van der Waals surface area contributed by atoms with Gasteiger partial charge in [-0.2, -0.15) is 13.5 Å². The van der Waals surface area contributed by atoms with Crippen LogP contribution in [0.2, 0.25) is 0 Å². The smallest absolute Gasteiger partial charge is 0.200 e. The Morgan fingerprint density at radius 2 is 1.39 bits per heavy atom. The molecule has 0 fully saturated rings. The van der Waals surface area contributed by atoms with E-state index in [0.29, 0.717) is 0 Å². The standard InChI is InChI=1S/C28H22N2O2S/c1-20-10-15-25(16-11-20)33(31,32)30-29-19-28-26-9-5-4-7-22(26)14-17-27(28)24-13-12-21-6-2-3-8-23(21)18-24/h2-19,30H,1H3. The highest BCUT2D eigenvalue weighted by molar-refractivity contribution is 7.89. The van der Waals surface area contributed by atoms with E-state index in [2.05, 4.69) is 52.4 Å². The summed E-state index contributed by atoms with van der Waals surface area (Å²) in [5.41, 5.74) is 3.88. The maximum atomic E-state index is 12.7. The Labute approximate surface area is 193 Å². The molecule has 0 aromatic heterocycles. The molecule has 5 aromatic carbocycles. The number of aryl methyl sites for hydroxylation is 1. The van der Waals surface area contributed by atoms with Crippen molar-refractivity contribution in [2.75, 3.05) is 0 Å². The summed E-state index contributed by atoms with van der Waals surface area (Å²) in [7, 11) is -3.75. The van der Waals surface area contributed by atoms with Crippen molar-refractivity contribution in [3.8, 4) is 11.1 Å². The second-order valence-corrected chi connectivity index (χ2v) is 9.64. The minimum Gasteiger partial charge on any atom is -0.200 e. The van der Waals surface area contributed by atoms with Gasteiger partial charge in [-0.3, -0.25) is 0 Å². The molecule has 0 atom stereocenters. The number of nitrogens with one attached hydrogen (secondary N) is 1. The Hall–Kier alpha value is -3.96. The first-order valence-corrected chi connectivity index (χ1v) is 12.1. The number of hydrogen-bond acceptors (Lipinski definition) is 3. The van der Waals surface area contributed by atoms with Crippen LogP contribution >= 0.6 is 0 Å². The number of nitrogens with zero attached hydrogens (tertiary/aromatic N) is 1. The van der Waals surface area contributed by atoms with Gasteiger partial charge in [0.05, 0.1) is 11.1 Å². The average Bonchev–Trinajstić information content (AvgIpc) is 2.84. The molecule has 5 heteroatoms. The maximum absolute atomic E-state index is 12.7. The SMILES string of the molecule is Cc1ccc(S(=O)(=O)NN=Cc2c(-c3ccc4ccccc4c3)ccc3ccccc23)cc1. The number of rotatable bonds is 5. The highest BCUT2D eigenvalue weighted by Crippen LogP contribution is 2.31. The molecule has 0 aliphatic heterocycles. The molecule has 0 aliphatic carbocycles. The monoisotopic (exact) mass is 450 g/mol. The highest BCUT2D eigenvalue weighted by Gasteiger charge is 2.13. The fourth-order valence-corrected chi connectivity index (χ4v) is 4.76. The van der Waals surface area contributed by atoms with Gasteiger partial charge in [0.1, 0.15) is 0 Å². The van der Waals surface area contributed by atoms with Crippen molar-refractivity contribution in [3.63, 3.8) is 0 Å². The van der Waals surface area contributed by atoms with Gasteiger partial charge in [0, 0.05) is 5.56 Å². The Kier molecular flexibility index (Phi) is 5.40. The number of benzene rings is 5. The second-order valence-electron chi connectivity index (χ2n) is 7.98. The lowest BCUT2D eigenvalue weighted by Gasteiger charge is -2.11. The van der Waals surface area contributed by atoms with Crippen molar-refractivity contribution in [2.45, 2.75) is 11.8 Å². The molecule has 0 saturated heterocycles. The zero-order chi connectivity index (χ0) is 22.8. The van der Waals surface area contributed by atoms with E-state index in [0.717, 1.165) is 38.4 Å². The molecule has 0 radical (unpaired) electrons. The van der Waals surface area contributed by atoms with Gasteiger partial charge in [-0.05, 0) is 57.8 Å². The minimum atomic E-state index is -3.75. The van der Waals surface area contributed by atoms with E-state index in [4.69, 9.17) is 0 Å². The lowest BCUT2D eigenvalue weighted by molar-refractivity contribution is 0.584. The molecule has 0 amide bonds. The van der Waals surface area contributed by atoms with Crippen LogP contribution in [0.15, 0.2) is 113 Å². The molecule has 0 unspecified atom stereocenters. The van der Waals surface area contributed by atoms with Crippen LogP contribution in [0.25, 0.3) is 32.7 Å². The van der Waals surface area contributed by atoms with Crippen LogP contribution in [0.3, 0.4) is 0 Å². The van der Waals surface area contributed by atoms with Crippen LogP contribution in [0.5, 0.6) is 0 Å². The molecular formula is C28H22N2O2S. The predicted octanol–water partition coefficient (Wildman–Crippen LogP) is 6.28. The van der Waals surface area contributed by atoms with Gasteiger partial charge >= 0.3 is 0 Å². The number of sulfonamides is 1. The molecular weight excluding hydrogens is 428 g/mol. The second kappa shape index (κ2) is 8.52. The van der Waals surface area contributed by atoms with Crippen LogP contribution in [0.4, 0.5) is 0 Å². The highest BCUT2D eigenvalue weighted by atomic mass is 32.2. The molecule has 5 aromatic rings. The topological polar surface area (TPSA) is 58.5 Å². The summed E-state index contributed by atoms with van der Waals surface area (Å²) in [5, 5.41) is 8.52. The third-order valence-electron chi connectivity index (χ3n) is 5.73. The Morgan fingerprint density at radius 1 is 0.727 bits per heavy atom. The normalized spacial score (nSPS) is 11.9. The van der Waals surface area contributed by atoms with Crippen molar-refractivity contribution in [3.05, 3.63) is 114 Å². The number of hydrogen-bond donors (Lipinski definition) is 1. The molecule has 0 aliphatic rings. The molecule has 4 nitrogen and oxygen atoms in total. The van der Waals surface area contributed by atoms with Gasteiger partial charge in [-0.1, -0.05) is 90.5 Å². The zero-order valence-corrected chi connectivity index (χ0v) is 18.9. The maximum Gasteiger partial charge on any atom is 0.276 e. The van der Waals surface area contributed by atoms with E-state index in [1.807, 2.05) is 43.3 Å². The zero-order valence-electron chi connectivity index (χ0n) is 18.1. The Balaban J connectivity index is 1.58. The molecule has 162 valence electrons. The van der Waals surface area contributed by atoms with Crippen molar-refractivity contribution in [2.24, 2.45) is 5.10 Å². The van der Waals surface area contributed by atoms with E-state index in [-0.39, 0.29) is 4.90 Å². The summed E-state index contributed by atoms with van der Waals surface area (Å²) < 4.78 is 25.3. The summed E-state index contributed by atoms with van der Waals surface area (Å²) in [5.74, 6) is 0. The first kappa shape index (κ1) is 20.9. The fraction of sp³-hybridized carbons (Fsp3) is 0.0357. The largest absolute Gasteiger partial charge is 0.276 e. The molecule has 0 bridgehead atoms. The van der Waals surface area contributed by atoms with E-state index >= 15 is 0 Å². The molecule has 1 N–H and O–H groups in total. The Bertz CT molecular complexity index is 1610. The van der Waals surface area contributed by atoms with Gasteiger partial charge in [0.2, 0.25) is 0 Å². The number of fused-ring (bicyclic) bond motifs is 2. The van der Waals surface area contributed by atoms with E-state index in [1.54, 1.807) is 30.5 Å². The molecule has 0 spiro atoms. The van der Waals surface area contributed by atoms with E-state index < -0.39 is 10.0 Å². The summed E-state index contributed by atoms with van der Waals surface area (Å²) in [6.07, 6.45) is 1.60. The lowest BCUT2D eigenvalue weighted by Crippen LogP contribution is -2.18. The van der Waals surface area contributed by atoms with Crippen molar-refractivity contribution >= 4 is 37.8 Å². The van der Waals surface area contributed by atoms with E-state index in [1.165, 1.54) is 5.39 Å². The van der Waals surface area contributed by atoms with Crippen molar-refractivity contribution in [1.82, 2.24) is 4.83 Å². The van der Waals surface area contributed by atoms with Gasteiger partial charge in [0.25, 0.3) is 10.0 Å². The van der Waals surface area contributed by atoms with Crippen LogP contribution in [0, 0.1) is 6.92 Å². The molecule has 0 heterocycles. The first-order valence-electron chi connectivity index (χ1n) is 10.6. The Morgan fingerprint density at radius 3 is 2.18 bits per heavy atom. The predicted molar refractivity (Wildman–Crippen MR) is 136 cm³/mol. The van der Waals surface area contributed by atoms with Crippen LogP contribution in [-0.4, -0.2) is 14.6 Å². The van der Waals surface area contributed by atoms with Gasteiger partial charge in [-0.25, -0.2) is 4.83 Å². The van der Waals surface area contributed by atoms with Crippen LogP contribution < -0.4 is 4.83 Å². The van der Waals surface area contributed by atoms with Gasteiger partial charge in [0.15, 0.2) is 0 Å². The fourth-order valence-electron chi connectivity index (χ4n) is 3.97. The first-order chi connectivity index (χ1) is 16.0. The quantitative estimate of drug-likeness (QED) is 0.253. The van der Waals surface area contributed by atoms with Crippen molar-refractivity contribution in [1.29, 1.82) is 0 Å². The lowest BCUT2D eigenvalue weighted by atomic mass is 9.93. The van der Waals surface area contributed by atoms with Crippen molar-refractivity contribution < 1.29 is 8.42 Å². The summed E-state index contributed by atoms with van der Waals surface area (Å²) >= 11 is 0. The summed E-state index contributed by atoms with van der Waals surface area (Å²) in [6.45, 7) is 1.91.